The minimum Gasteiger partial charge on any atom is -0.348 e. The van der Waals surface area contributed by atoms with E-state index in [1.807, 2.05) is 37.1 Å². The fourth-order valence-electron chi connectivity index (χ4n) is 1.90. The zero-order valence-electron chi connectivity index (χ0n) is 12.1. The lowest BCUT2D eigenvalue weighted by atomic mass is 10.3. The van der Waals surface area contributed by atoms with Gasteiger partial charge in [0.1, 0.15) is 5.82 Å². The molecule has 1 N–H and O–H groups in total. The standard InChI is InChI=1S/C14H19ClN4O/c1-9(19(4)8-13(20)18(2)3)14-16-11-6-5-10(15)7-12(11)17-14/h5-7,9H,8H2,1-4H3,(H,16,17). The van der Waals surface area contributed by atoms with Crippen molar-refractivity contribution in [2.45, 2.75) is 13.0 Å². The number of carbonyl (C=O) groups excluding carboxylic acids is 1. The minimum absolute atomic E-state index is 0.0186. The van der Waals surface area contributed by atoms with Gasteiger partial charge in [0.2, 0.25) is 5.91 Å². The van der Waals surface area contributed by atoms with Crippen LogP contribution in [-0.4, -0.2) is 53.4 Å². The van der Waals surface area contributed by atoms with E-state index in [4.69, 9.17) is 11.6 Å². The Morgan fingerprint density at radius 1 is 1.40 bits per heavy atom. The first-order valence-electron chi connectivity index (χ1n) is 6.44. The Hall–Kier alpha value is -1.59. The van der Waals surface area contributed by atoms with Gasteiger partial charge >= 0.3 is 0 Å². The van der Waals surface area contributed by atoms with Gasteiger partial charge in [-0.2, -0.15) is 0 Å². The number of imidazole rings is 1. The summed E-state index contributed by atoms with van der Waals surface area (Å²) in [7, 11) is 5.42. The van der Waals surface area contributed by atoms with Gasteiger partial charge in [-0.1, -0.05) is 11.6 Å². The number of nitrogens with one attached hydrogen (secondary N) is 1. The van der Waals surface area contributed by atoms with E-state index in [9.17, 15) is 4.79 Å². The molecule has 20 heavy (non-hydrogen) atoms. The first-order valence-corrected chi connectivity index (χ1v) is 6.82. The summed E-state index contributed by atoms with van der Waals surface area (Å²) in [5.74, 6) is 0.898. The number of halogens is 1. The lowest BCUT2D eigenvalue weighted by Crippen LogP contribution is -2.36. The van der Waals surface area contributed by atoms with Crippen LogP contribution in [0, 0.1) is 0 Å². The average Bonchev–Trinajstić information content (AvgIpc) is 2.80. The number of benzene rings is 1. The highest BCUT2D eigenvalue weighted by Gasteiger charge is 2.18. The molecular weight excluding hydrogens is 276 g/mol. The maximum Gasteiger partial charge on any atom is 0.236 e. The van der Waals surface area contributed by atoms with E-state index in [-0.39, 0.29) is 11.9 Å². The fourth-order valence-corrected chi connectivity index (χ4v) is 2.07. The summed E-state index contributed by atoms with van der Waals surface area (Å²) < 4.78 is 0. The van der Waals surface area contributed by atoms with Crippen molar-refractivity contribution >= 4 is 28.5 Å². The molecule has 1 heterocycles. The van der Waals surface area contributed by atoms with Crippen molar-refractivity contribution in [1.82, 2.24) is 19.8 Å². The number of amides is 1. The number of rotatable bonds is 4. The van der Waals surface area contributed by atoms with E-state index in [0.29, 0.717) is 11.6 Å². The van der Waals surface area contributed by atoms with Crippen LogP contribution < -0.4 is 0 Å². The van der Waals surface area contributed by atoms with Gasteiger partial charge in [0.15, 0.2) is 0 Å². The zero-order valence-corrected chi connectivity index (χ0v) is 12.9. The number of aromatic amines is 1. The second-order valence-electron chi connectivity index (χ2n) is 5.16. The van der Waals surface area contributed by atoms with Crippen LogP contribution in [0.15, 0.2) is 18.2 Å². The van der Waals surface area contributed by atoms with Crippen molar-refractivity contribution in [2.24, 2.45) is 0 Å². The third-order valence-corrected chi connectivity index (χ3v) is 3.64. The second kappa shape index (κ2) is 5.81. The second-order valence-corrected chi connectivity index (χ2v) is 5.60. The lowest BCUT2D eigenvalue weighted by Gasteiger charge is -2.23. The smallest absolute Gasteiger partial charge is 0.236 e. The summed E-state index contributed by atoms with van der Waals surface area (Å²) in [6, 6.07) is 5.57. The molecule has 5 nitrogen and oxygen atoms in total. The molecule has 1 unspecified atom stereocenters. The molecule has 2 rings (SSSR count). The van der Waals surface area contributed by atoms with E-state index in [1.165, 1.54) is 0 Å². The van der Waals surface area contributed by atoms with Crippen LogP contribution in [-0.2, 0) is 4.79 Å². The first kappa shape index (κ1) is 14.8. The number of H-pyrrole nitrogens is 1. The zero-order chi connectivity index (χ0) is 14.9. The Balaban J connectivity index is 2.18. The van der Waals surface area contributed by atoms with Gasteiger partial charge in [0, 0.05) is 19.1 Å². The van der Waals surface area contributed by atoms with Crippen LogP contribution >= 0.6 is 11.6 Å². The van der Waals surface area contributed by atoms with E-state index in [2.05, 4.69) is 9.97 Å². The number of carbonyl (C=O) groups is 1. The van der Waals surface area contributed by atoms with Crippen molar-refractivity contribution < 1.29 is 4.79 Å². The Morgan fingerprint density at radius 2 is 2.10 bits per heavy atom. The maximum atomic E-state index is 11.7. The number of aromatic nitrogens is 2. The van der Waals surface area contributed by atoms with E-state index < -0.39 is 0 Å². The molecule has 0 spiro atoms. The predicted octanol–water partition coefficient (Wildman–Crippen LogP) is 2.30. The SMILES string of the molecule is CC(c1nc2ccc(Cl)cc2[nH]1)N(C)CC(=O)N(C)C. The molecule has 0 aliphatic heterocycles. The van der Waals surface area contributed by atoms with Crippen LogP contribution in [0.2, 0.25) is 5.02 Å². The molecule has 108 valence electrons. The summed E-state index contributed by atoms with van der Waals surface area (Å²) >= 11 is 5.97. The Bertz CT molecular complexity index is 623. The number of hydrogen-bond donors (Lipinski definition) is 1. The molecule has 1 atom stereocenters. The monoisotopic (exact) mass is 294 g/mol. The third kappa shape index (κ3) is 3.11. The Kier molecular flexibility index (Phi) is 4.30. The van der Waals surface area contributed by atoms with Crippen LogP contribution in [0.25, 0.3) is 11.0 Å². The van der Waals surface area contributed by atoms with Crippen molar-refractivity contribution in [3.63, 3.8) is 0 Å². The summed E-state index contributed by atoms with van der Waals surface area (Å²) in [5, 5.41) is 0.677. The molecule has 1 aromatic carbocycles. The van der Waals surface area contributed by atoms with Gasteiger partial charge in [-0.3, -0.25) is 9.69 Å². The summed E-state index contributed by atoms with van der Waals surface area (Å²) in [5.41, 5.74) is 1.79. The predicted molar refractivity (Wildman–Crippen MR) is 80.8 cm³/mol. The topological polar surface area (TPSA) is 52.2 Å². The highest BCUT2D eigenvalue weighted by molar-refractivity contribution is 6.31. The molecule has 0 aliphatic carbocycles. The average molecular weight is 295 g/mol. The van der Waals surface area contributed by atoms with Crippen LogP contribution in [0.3, 0.4) is 0 Å². The molecule has 0 bridgehead atoms. The minimum atomic E-state index is 0.0186. The molecule has 1 amide bonds. The van der Waals surface area contributed by atoms with Crippen LogP contribution in [0.1, 0.15) is 18.8 Å². The molecule has 6 heteroatoms. The summed E-state index contributed by atoms with van der Waals surface area (Å²) in [6.07, 6.45) is 0. The van der Waals surface area contributed by atoms with Crippen LogP contribution in [0.5, 0.6) is 0 Å². The van der Waals surface area contributed by atoms with Gasteiger partial charge in [-0.25, -0.2) is 4.98 Å². The van der Waals surface area contributed by atoms with Crippen molar-refractivity contribution in [1.29, 1.82) is 0 Å². The quantitative estimate of drug-likeness (QED) is 0.941. The number of likely N-dealkylation sites (N-methyl/N-ethyl adjacent to an activating group) is 2. The Morgan fingerprint density at radius 3 is 2.75 bits per heavy atom. The molecule has 2 aromatic rings. The molecule has 0 radical (unpaired) electrons. The third-order valence-electron chi connectivity index (χ3n) is 3.40. The fraction of sp³-hybridized carbons (Fsp3) is 0.429. The molecule has 0 fully saturated rings. The number of fused-ring (bicyclic) bond motifs is 1. The Labute approximate surface area is 123 Å². The van der Waals surface area contributed by atoms with Gasteiger partial charge in [0.05, 0.1) is 23.6 Å². The largest absolute Gasteiger partial charge is 0.348 e. The number of nitrogens with zero attached hydrogens (tertiary/aromatic N) is 3. The van der Waals surface area contributed by atoms with Gasteiger partial charge in [-0.15, -0.1) is 0 Å². The van der Waals surface area contributed by atoms with Crippen LogP contribution in [0.4, 0.5) is 0 Å². The van der Waals surface area contributed by atoms with E-state index >= 15 is 0 Å². The molecule has 1 aromatic heterocycles. The van der Waals surface area contributed by atoms with Gasteiger partial charge in [0.25, 0.3) is 0 Å². The van der Waals surface area contributed by atoms with Crippen molar-refractivity contribution in [2.75, 3.05) is 27.7 Å². The molecule has 0 saturated heterocycles. The first-order chi connectivity index (χ1) is 9.38. The van der Waals surface area contributed by atoms with Gasteiger partial charge in [-0.05, 0) is 32.2 Å². The summed E-state index contributed by atoms with van der Waals surface area (Å²) in [4.78, 5) is 23.1. The molecule has 0 aliphatic rings. The van der Waals surface area contributed by atoms with Crippen molar-refractivity contribution in [3.05, 3.63) is 29.0 Å². The highest BCUT2D eigenvalue weighted by Crippen LogP contribution is 2.22. The summed E-state index contributed by atoms with van der Waals surface area (Å²) in [6.45, 7) is 2.37. The number of hydrogen-bond acceptors (Lipinski definition) is 3. The normalized spacial score (nSPS) is 12.9. The van der Waals surface area contributed by atoms with E-state index in [0.717, 1.165) is 16.9 Å². The van der Waals surface area contributed by atoms with E-state index in [1.54, 1.807) is 19.0 Å². The maximum absolute atomic E-state index is 11.7. The lowest BCUT2D eigenvalue weighted by molar-refractivity contribution is -0.130. The molecule has 0 saturated carbocycles. The molecular formula is C14H19ClN4O. The highest BCUT2D eigenvalue weighted by atomic mass is 35.5. The van der Waals surface area contributed by atoms with Crippen molar-refractivity contribution in [3.8, 4) is 0 Å². The van der Waals surface area contributed by atoms with Gasteiger partial charge < -0.3 is 9.88 Å².